The lowest BCUT2D eigenvalue weighted by molar-refractivity contribution is -0.111. The second-order valence-electron chi connectivity index (χ2n) is 3.43. The smallest absolute Gasteiger partial charge is 0.300 e. The van der Waals surface area contributed by atoms with Crippen LogP contribution >= 0.6 is 0 Å². The van der Waals surface area contributed by atoms with Gasteiger partial charge in [-0.3, -0.25) is 9.59 Å². The molecular weight excluding hydrogens is 202 g/mol. The third-order valence-corrected chi connectivity index (χ3v) is 2.04. The number of benzene rings is 1. The van der Waals surface area contributed by atoms with E-state index in [0.717, 1.165) is 5.56 Å². The fourth-order valence-electron chi connectivity index (χ4n) is 1.33. The summed E-state index contributed by atoms with van der Waals surface area (Å²) in [5, 5.41) is 2.59. The van der Waals surface area contributed by atoms with E-state index >= 15 is 0 Å². The molecule has 0 radical (unpaired) electrons. The molecular formula is C13H13NO2. The van der Waals surface area contributed by atoms with E-state index in [4.69, 9.17) is 0 Å². The zero-order valence-corrected chi connectivity index (χ0v) is 9.55. The first-order valence-corrected chi connectivity index (χ1v) is 4.90. The van der Waals surface area contributed by atoms with Crippen LogP contribution in [-0.4, -0.2) is 11.7 Å². The van der Waals surface area contributed by atoms with Crippen molar-refractivity contribution in [2.75, 3.05) is 5.32 Å². The predicted molar refractivity (Wildman–Crippen MR) is 63.3 cm³/mol. The summed E-state index contributed by atoms with van der Waals surface area (Å²) in [7, 11) is 0. The van der Waals surface area contributed by atoms with Crippen LogP contribution in [0.15, 0.2) is 18.2 Å². The van der Waals surface area contributed by atoms with Gasteiger partial charge in [-0.2, -0.15) is 0 Å². The van der Waals surface area contributed by atoms with Crippen molar-refractivity contribution in [2.45, 2.75) is 20.8 Å². The molecule has 0 bridgehead atoms. The molecule has 0 unspecified atom stereocenters. The lowest BCUT2D eigenvalue weighted by Crippen LogP contribution is -2.11. The first-order valence-electron chi connectivity index (χ1n) is 4.90. The standard InChI is InChI=1S/C13H13NO2/c1-4-5-13(16)14-12-7-6-9(2)8-11(12)10(3)15/h6-8H,1-3H3,(H,14,16). The maximum absolute atomic E-state index is 11.4. The summed E-state index contributed by atoms with van der Waals surface area (Å²) in [5.41, 5.74) is 1.99. The Balaban J connectivity index is 3.07. The summed E-state index contributed by atoms with van der Waals surface area (Å²) in [6.07, 6.45) is 0. The van der Waals surface area contributed by atoms with E-state index < -0.39 is 5.91 Å². The third kappa shape index (κ3) is 2.96. The molecule has 0 saturated carbocycles. The molecule has 0 aliphatic heterocycles. The molecule has 1 rings (SSSR count). The molecule has 16 heavy (non-hydrogen) atoms. The highest BCUT2D eigenvalue weighted by Gasteiger charge is 2.08. The Labute approximate surface area is 94.9 Å². The van der Waals surface area contributed by atoms with Gasteiger partial charge in [-0.25, -0.2) is 0 Å². The molecule has 1 aromatic carbocycles. The first-order chi connectivity index (χ1) is 7.54. The Bertz CT molecular complexity index is 492. The number of ketones is 1. The van der Waals surface area contributed by atoms with E-state index in [0.29, 0.717) is 11.3 Å². The zero-order valence-electron chi connectivity index (χ0n) is 9.55. The van der Waals surface area contributed by atoms with Crippen LogP contribution in [0, 0.1) is 18.8 Å². The summed E-state index contributed by atoms with van der Waals surface area (Å²) in [6, 6.07) is 5.29. The molecule has 1 N–H and O–H groups in total. The van der Waals surface area contributed by atoms with Crippen LogP contribution in [0.25, 0.3) is 0 Å². The summed E-state index contributed by atoms with van der Waals surface area (Å²) >= 11 is 0. The van der Waals surface area contributed by atoms with Crippen molar-refractivity contribution in [1.29, 1.82) is 0 Å². The van der Waals surface area contributed by atoms with Gasteiger partial charge in [0.2, 0.25) is 0 Å². The van der Waals surface area contributed by atoms with Crippen LogP contribution in [0.2, 0.25) is 0 Å². The highest BCUT2D eigenvalue weighted by Crippen LogP contribution is 2.17. The molecule has 0 spiro atoms. The molecule has 3 heteroatoms. The van der Waals surface area contributed by atoms with E-state index in [1.165, 1.54) is 6.92 Å². The van der Waals surface area contributed by atoms with Crippen molar-refractivity contribution in [1.82, 2.24) is 0 Å². The van der Waals surface area contributed by atoms with Crippen LogP contribution in [0.4, 0.5) is 5.69 Å². The number of carbonyl (C=O) groups is 2. The third-order valence-electron chi connectivity index (χ3n) is 2.04. The van der Waals surface area contributed by atoms with Gasteiger partial charge in [0.1, 0.15) is 0 Å². The van der Waals surface area contributed by atoms with Gasteiger partial charge >= 0.3 is 0 Å². The molecule has 3 nitrogen and oxygen atoms in total. The lowest BCUT2D eigenvalue weighted by Gasteiger charge is -2.07. The molecule has 0 saturated heterocycles. The van der Waals surface area contributed by atoms with Crippen molar-refractivity contribution in [3.8, 4) is 11.8 Å². The first kappa shape index (κ1) is 12.0. The van der Waals surface area contributed by atoms with Gasteiger partial charge in [-0.15, -0.1) is 0 Å². The van der Waals surface area contributed by atoms with Gasteiger partial charge in [-0.1, -0.05) is 17.6 Å². The van der Waals surface area contributed by atoms with E-state index in [1.54, 1.807) is 19.1 Å². The highest BCUT2D eigenvalue weighted by atomic mass is 16.1. The Kier molecular flexibility index (Phi) is 3.84. The van der Waals surface area contributed by atoms with Crippen LogP contribution < -0.4 is 5.32 Å². The van der Waals surface area contributed by atoms with Crippen molar-refractivity contribution < 1.29 is 9.59 Å². The fourth-order valence-corrected chi connectivity index (χ4v) is 1.33. The fraction of sp³-hybridized carbons (Fsp3) is 0.231. The number of anilines is 1. The quantitative estimate of drug-likeness (QED) is 0.607. The Morgan fingerprint density at radius 3 is 2.56 bits per heavy atom. The molecule has 0 heterocycles. The van der Waals surface area contributed by atoms with E-state index in [1.807, 2.05) is 13.0 Å². The number of hydrogen-bond donors (Lipinski definition) is 1. The minimum Gasteiger partial charge on any atom is -0.314 e. The summed E-state index contributed by atoms with van der Waals surface area (Å²) < 4.78 is 0. The average molecular weight is 215 g/mol. The van der Waals surface area contributed by atoms with Crippen molar-refractivity contribution in [3.05, 3.63) is 29.3 Å². The van der Waals surface area contributed by atoms with E-state index in [-0.39, 0.29) is 5.78 Å². The SMILES string of the molecule is CC#CC(=O)Nc1ccc(C)cc1C(C)=O. The minimum atomic E-state index is -0.408. The number of aryl methyl sites for hydroxylation is 1. The number of nitrogens with one attached hydrogen (secondary N) is 1. The zero-order chi connectivity index (χ0) is 12.1. The van der Waals surface area contributed by atoms with E-state index in [2.05, 4.69) is 17.2 Å². The molecule has 1 amide bonds. The van der Waals surface area contributed by atoms with Gasteiger partial charge in [0, 0.05) is 5.56 Å². The molecule has 1 aromatic rings. The van der Waals surface area contributed by atoms with Crippen LogP contribution in [0.1, 0.15) is 29.8 Å². The van der Waals surface area contributed by atoms with Crippen molar-refractivity contribution in [2.24, 2.45) is 0 Å². The molecule has 0 fully saturated rings. The molecule has 0 aliphatic carbocycles. The molecule has 0 aromatic heterocycles. The maximum atomic E-state index is 11.4. The normalized spacial score (nSPS) is 8.94. The van der Waals surface area contributed by atoms with Gasteiger partial charge < -0.3 is 5.32 Å². The van der Waals surface area contributed by atoms with Gasteiger partial charge in [0.15, 0.2) is 5.78 Å². The Morgan fingerprint density at radius 1 is 1.31 bits per heavy atom. The Hall–Kier alpha value is -2.08. The van der Waals surface area contributed by atoms with E-state index in [9.17, 15) is 9.59 Å². The van der Waals surface area contributed by atoms with Crippen LogP contribution in [0.5, 0.6) is 0 Å². The maximum Gasteiger partial charge on any atom is 0.300 e. The highest BCUT2D eigenvalue weighted by molar-refractivity contribution is 6.08. The largest absolute Gasteiger partial charge is 0.314 e. The van der Waals surface area contributed by atoms with Crippen LogP contribution in [0.3, 0.4) is 0 Å². The molecule has 0 atom stereocenters. The molecule has 82 valence electrons. The number of carbonyl (C=O) groups excluding carboxylic acids is 2. The van der Waals surface area contributed by atoms with Gasteiger partial charge in [-0.05, 0) is 38.8 Å². The minimum absolute atomic E-state index is 0.0801. The topological polar surface area (TPSA) is 46.2 Å². The number of Topliss-reactive ketones (excluding diaryl/α,β-unsaturated/α-hetero) is 1. The number of rotatable bonds is 2. The average Bonchev–Trinajstić information content (AvgIpc) is 2.20. The number of hydrogen-bond acceptors (Lipinski definition) is 2. The monoisotopic (exact) mass is 215 g/mol. The van der Waals surface area contributed by atoms with Crippen molar-refractivity contribution >= 4 is 17.4 Å². The predicted octanol–water partition coefficient (Wildman–Crippen LogP) is 2.16. The lowest BCUT2D eigenvalue weighted by atomic mass is 10.1. The van der Waals surface area contributed by atoms with Crippen LogP contribution in [-0.2, 0) is 4.79 Å². The summed E-state index contributed by atoms with van der Waals surface area (Å²) in [5.74, 6) is 4.38. The Morgan fingerprint density at radius 2 is 2.00 bits per heavy atom. The summed E-state index contributed by atoms with van der Waals surface area (Å²) in [6.45, 7) is 4.94. The second kappa shape index (κ2) is 5.13. The second-order valence-corrected chi connectivity index (χ2v) is 3.43. The number of amides is 1. The summed E-state index contributed by atoms with van der Waals surface area (Å²) in [4.78, 5) is 22.6. The van der Waals surface area contributed by atoms with Gasteiger partial charge in [0.05, 0.1) is 5.69 Å². The molecule has 0 aliphatic rings. The van der Waals surface area contributed by atoms with Gasteiger partial charge in [0.25, 0.3) is 5.91 Å². The van der Waals surface area contributed by atoms with Crippen molar-refractivity contribution in [3.63, 3.8) is 0 Å².